The Bertz CT molecular complexity index is 653. The van der Waals surface area contributed by atoms with Gasteiger partial charge in [0.2, 0.25) is 0 Å². The van der Waals surface area contributed by atoms with Gasteiger partial charge in [0.05, 0.1) is 0 Å². The smallest absolute Gasteiger partial charge is 0.133 e. The van der Waals surface area contributed by atoms with Crippen molar-refractivity contribution in [3.05, 3.63) is 70.7 Å². The van der Waals surface area contributed by atoms with Gasteiger partial charge >= 0.3 is 0 Å². The summed E-state index contributed by atoms with van der Waals surface area (Å²) in [6.07, 6.45) is 0.926. The molecule has 3 heteroatoms. The minimum Gasteiger partial charge on any atom is -0.300 e. The van der Waals surface area contributed by atoms with Crippen LogP contribution in [0.2, 0.25) is 5.02 Å². The molecule has 0 bridgehead atoms. The normalized spacial score (nSPS) is 22.0. The topological polar surface area (TPSA) is 20.3 Å². The highest BCUT2D eigenvalue weighted by atomic mass is 35.5. The SMILES string of the molecule is CC(=O)[C@H]1CCN(Cc2ccccc2)C[C@@H]1c1ccc(Cl)cc1. The largest absolute Gasteiger partial charge is 0.300 e. The molecule has 2 aromatic rings. The monoisotopic (exact) mass is 327 g/mol. The van der Waals surface area contributed by atoms with E-state index in [4.69, 9.17) is 11.6 Å². The Balaban J connectivity index is 1.78. The van der Waals surface area contributed by atoms with Gasteiger partial charge in [0.15, 0.2) is 0 Å². The Morgan fingerprint density at radius 1 is 1.13 bits per heavy atom. The Hall–Kier alpha value is -1.64. The summed E-state index contributed by atoms with van der Waals surface area (Å²) in [5, 5.41) is 0.741. The van der Waals surface area contributed by atoms with Crippen molar-refractivity contribution in [1.82, 2.24) is 4.90 Å². The fraction of sp³-hybridized carbons (Fsp3) is 0.350. The lowest BCUT2D eigenvalue weighted by Gasteiger charge is -2.38. The van der Waals surface area contributed by atoms with Gasteiger partial charge in [-0.15, -0.1) is 0 Å². The van der Waals surface area contributed by atoms with E-state index < -0.39 is 0 Å². The fourth-order valence-electron chi connectivity index (χ4n) is 3.54. The molecule has 1 aliphatic heterocycles. The number of hydrogen-bond donors (Lipinski definition) is 0. The van der Waals surface area contributed by atoms with Gasteiger partial charge in [-0.05, 0) is 43.1 Å². The van der Waals surface area contributed by atoms with Crippen LogP contribution < -0.4 is 0 Å². The highest BCUT2D eigenvalue weighted by Crippen LogP contribution is 2.34. The van der Waals surface area contributed by atoms with Crippen LogP contribution in [0.25, 0.3) is 0 Å². The van der Waals surface area contributed by atoms with Gasteiger partial charge in [-0.2, -0.15) is 0 Å². The zero-order valence-electron chi connectivity index (χ0n) is 13.4. The molecule has 1 saturated heterocycles. The minimum atomic E-state index is 0.114. The summed E-state index contributed by atoms with van der Waals surface area (Å²) in [6, 6.07) is 18.5. The molecule has 1 heterocycles. The number of ketones is 1. The van der Waals surface area contributed by atoms with E-state index in [-0.39, 0.29) is 11.8 Å². The van der Waals surface area contributed by atoms with E-state index in [1.165, 1.54) is 11.1 Å². The molecule has 0 unspecified atom stereocenters. The number of hydrogen-bond acceptors (Lipinski definition) is 2. The molecule has 0 saturated carbocycles. The van der Waals surface area contributed by atoms with Crippen LogP contribution in [-0.4, -0.2) is 23.8 Å². The van der Waals surface area contributed by atoms with Gasteiger partial charge in [-0.1, -0.05) is 54.1 Å². The second-order valence-electron chi connectivity index (χ2n) is 6.38. The minimum absolute atomic E-state index is 0.114. The number of nitrogens with zero attached hydrogens (tertiary/aromatic N) is 1. The van der Waals surface area contributed by atoms with E-state index in [0.717, 1.165) is 31.1 Å². The molecule has 1 aliphatic rings. The quantitative estimate of drug-likeness (QED) is 0.822. The van der Waals surface area contributed by atoms with E-state index in [2.05, 4.69) is 41.3 Å². The number of benzene rings is 2. The van der Waals surface area contributed by atoms with Crippen molar-refractivity contribution in [1.29, 1.82) is 0 Å². The van der Waals surface area contributed by atoms with Crippen molar-refractivity contribution in [3.63, 3.8) is 0 Å². The van der Waals surface area contributed by atoms with Crippen LogP contribution in [0.1, 0.15) is 30.4 Å². The first-order valence-electron chi connectivity index (χ1n) is 8.15. The van der Waals surface area contributed by atoms with Gasteiger partial charge in [0, 0.05) is 29.9 Å². The molecule has 2 aromatic carbocycles. The number of likely N-dealkylation sites (tertiary alicyclic amines) is 1. The molecule has 120 valence electrons. The third-order valence-corrected chi connectivity index (χ3v) is 5.02. The van der Waals surface area contributed by atoms with Crippen LogP contribution in [0.15, 0.2) is 54.6 Å². The van der Waals surface area contributed by atoms with Gasteiger partial charge in [0.25, 0.3) is 0 Å². The molecule has 2 atom stereocenters. The van der Waals surface area contributed by atoms with Crippen LogP contribution in [0, 0.1) is 5.92 Å². The summed E-state index contributed by atoms with van der Waals surface area (Å²) < 4.78 is 0. The summed E-state index contributed by atoms with van der Waals surface area (Å²) in [7, 11) is 0. The first-order chi connectivity index (χ1) is 11.1. The first-order valence-corrected chi connectivity index (χ1v) is 8.53. The van der Waals surface area contributed by atoms with Crippen molar-refractivity contribution < 1.29 is 4.79 Å². The molecule has 0 aromatic heterocycles. The number of Topliss-reactive ketones (excluding diaryl/α,β-unsaturated/α-hetero) is 1. The van der Waals surface area contributed by atoms with Crippen LogP contribution in [0.5, 0.6) is 0 Å². The maximum absolute atomic E-state index is 12.1. The van der Waals surface area contributed by atoms with E-state index in [1.807, 2.05) is 18.2 Å². The Labute approximate surface area is 143 Å². The standard InChI is InChI=1S/C20H22ClNO/c1-15(23)19-11-12-22(13-16-5-3-2-4-6-16)14-20(19)17-7-9-18(21)10-8-17/h2-10,19-20H,11-14H2,1H3/t19-,20-/m1/s1. The molecular formula is C20H22ClNO. The molecule has 3 rings (SSSR count). The lowest BCUT2D eigenvalue weighted by atomic mass is 9.78. The number of rotatable bonds is 4. The third-order valence-electron chi connectivity index (χ3n) is 4.77. The Kier molecular flexibility index (Phi) is 5.14. The van der Waals surface area contributed by atoms with Crippen LogP contribution in [-0.2, 0) is 11.3 Å². The predicted molar refractivity (Wildman–Crippen MR) is 94.7 cm³/mol. The zero-order valence-corrected chi connectivity index (χ0v) is 14.2. The summed E-state index contributed by atoms with van der Waals surface area (Å²) in [6.45, 7) is 4.56. The van der Waals surface area contributed by atoms with Gasteiger partial charge in [-0.3, -0.25) is 9.69 Å². The number of piperidine rings is 1. The van der Waals surface area contributed by atoms with Crippen molar-refractivity contribution in [2.24, 2.45) is 5.92 Å². The molecule has 1 fully saturated rings. The fourth-order valence-corrected chi connectivity index (χ4v) is 3.67. The van der Waals surface area contributed by atoms with Gasteiger partial charge < -0.3 is 0 Å². The van der Waals surface area contributed by atoms with E-state index in [0.29, 0.717) is 5.78 Å². The molecule has 23 heavy (non-hydrogen) atoms. The zero-order chi connectivity index (χ0) is 16.2. The third kappa shape index (κ3) is 4.01. The maximum Gasteiger partial charge on any atom is 0.133 e. The average Bonchev–Trinajstić information content (AvgIpc) is 2.56. The number of halogens is 1. The second-order valence-corrected chi connectivity index (χ2v) is 6.82. The Morgan fingerprint density at radius 3 is 2.48 bits per heavy atom. The predicted octanol–water partition coefficient (Wildman–Crippen LogP) is 4.53. The average molecular weight is 328 g/mol. The maximum atomic E-state index is 12.1. The highest BCUT2D eigenvalue weighted by Gasteiger charge is 2.33. The Morgan fingerprint density at radius 2 is 1.83 bits per heavy atom. The van der Waals surface area contributed by atoms with Crippen LogP contribution >= 0.6 is 11.6 Å². The molecule has 2 nitrogen and oxygen atoms in total. The molecule has 0 spiro atoms. The van der Waals surface area contributed by atoms with Crippen molar-refractivity contribution in [2.75, 3.05) is 13.1 Å². The van der Waals surface area contributed by atoms with Crippen molar-refractivity contribution in [3.8, 4) is 0 Å². The van der Waals surface area contributed by atoms with E-state index in [9.17, 15) is 4.79 Å². The highest BCUT2D eigenvalue weighted by molar-refractivity contribution is 6.30. The molecule has 0 amide bonds. The molecule has 0 aliphatic carbocycles. The summed E-state index contributed by atoms with van der Waals surface area (Å²) >= 11 is 6.01. The van der Waals surface area contributed by atoms with Crippen molar-refractivity contribution >= 4 is 17.4 Å². The number of carbonyl (C=O) groups is 1. The van der Waals surface area contributed by atoms with Gasteiger partial charge in [0.1, 0.15) is 5.78 Å². The van der Waals surface area contributed by atoms with Crippen molar-refractivity contribution in [2.45, 2.75) is 25.8 Å². The van der Waals surface area contributed by atoms with E-state index >= 15 is 0 Å². The van der Waals surface area contributed by atoms with Gasteiger partial charge in [-0.25, -0.2) is 0 Å². The number of carbonyl (C=O) groups excluding carboxylic acids is 1. The van der Waals surface area contributed by atoms with E-state index in [1.54, 1.807) is 6.92 Å². The van der Waals surface area contributed by atoms with Crippen LogP contribution in [0.3, 0.4) is 0 Å². The first kappa shape index (κ1) is 16.2. The summed E-state index contributed by atoms with van der Waals surface area (Å²) in [5.41, 5.74) is 2.54. The molecule has 0 radical (unpaired) electrons. The lowest BCUT2D eigenvalue weighted by molar-refractivity contribution is -0.122. The molecular weight excluding hydrogens is 306 g/mol. The summed E-state index contributed by atoms with van der Waals surface area (Å²) in [5.74, 6) is 0.662. The lowest BCUT2D eigenvalue weighted by Crippen LogP contribution is -2.41. The van der Waals surface area contributed by atoms with Crippen LogP contribution in [0.4, 0.5) is 0 Å². The summed E-state index contributed by atoms with van der Waals surface area (Å²) in [4.78, 5) is 14.5. The second kappa shape index (κ2) is 7.29. The molecule has 0 N–H and O–H groups in total.